The predicted octanol–water partition coefficient (Wildman–Crippen LogP) is 0.642. The number of benzene rings is 1. The van der Waals surface area contributed by atoms with Gasteiger partial charge in [0.25, 0.3) is 0 Å². The van der Waals surface area contributed by atoms with Gasteiger partial charge in [0.1, 0.15) is 0 Å². The predicted molar refractivity (Wildman–Crippen MR) is 82.3 cm³/mol. The number of nitrogens with zero attached hydrogens (tertiary/aromatic N) is 1. The van der Waals surface area contributed by atoms with Crippen molar-refractivity contribution in [2.45, 2.75) is 33.4 Å². The molecule has 25 heavy (non-hydrogen) atoms. The molecule has 0 bridgehead atoms. The number of aromatic nitrogens is 1. The van der Waals surface area contributed by atoms with E-state index < -0.39 is 23.4 Å². The van der Waals surface area contributed by atoms with E-state index in [4.69, 9.17) is 0 Å². The summed E-state index contributed by atoms with van der Waals surface area (Å²) in [4.78, 5) is 14.9. The van der Waals surface area contributed by atoms with Crippen LogP contribution < -0.4 is 56.5 Å². The standard InChI is InChI=1S/C18H18F3NO2.K/c1-10(2)8-13-9-14(12-6-4-11(3)5-7-12)22-16(18(19,20)21)15(13)17(23)24;/h4-7,9-10H,8H2,1-3H3,(H,23,24);/q;+1/p-1. The van der Waals surface area contributed by atoms with Crippen molar-refractivity contribution in [2.24, 2.45) is 5.92 Å². The molecule has 2 aromatic rings. The van der Waals surface area contributed by atoms with E-state index in [2.05, 4.69) is 4.98 Å². The number of carboxylic acid groups (broad SMARTS) is 1. The van der Waals surface area contributed by atoms with Gasteiger partial charge in [0, 0.05) is 11.1 Å². The van der Waals surface area contributed by atoms with E-state index in [9.17, 15) is 23.1 Å². The zero-order valence-corrected chi connectivity index (χ0v) is 17.7. The van der Waals surface area contributed by atoms with Crippen molar-refractivity contribution in [1.82, 2.24) is 4.98 Å². The number of aryl methyl sites for hydroxylation is 1. The zero-order valence-electron chi connectivity index (χ0n) is 14.6. The van der Waals surface area contributed by atoms with Crippen LogP contribution in [0.5, 0.6) is 0 Å². The quantitative estimate of drug-likeness (QED) is 0.737. The van der Waals surface area contributed by atoms with Crippen LogP contribution >= 0.6 is 0 Å². The molecule has 0 spiro atoms. The summed E-state index contributed by atoms with van der Waals surface area (Å²) in [6.07, 6.45) is -4.68. The largest absolute Gasteiger partial charge is 1.00 e. The number of pyridine rings is 1. The number of halogens is 3. The third kappa shape index (κ3) is 5.62. The van der Waals surface area contributed by atoms with Crippen molar-refractivity contribution >= 4 is 5.97 Å². The van der Waals surface area contributed by atoms with Gasteiger partial charge < -0.3 is 9.90 Å². The van der Waals surface area contributed by atoms with Crippen LogP contribution in [-0.4, -0.2) is 11.0 Å². The van der Waals surface area contributed by atoms with Gasteiger partial charge in [0.2, 0.25) is 0 Å². The number of carboxylic acids is 1. The average molecular weight is 375 g/mol. The summed E-state index contributed by atoms with van der Waals surface area (Å²) in [5, 5.41) is 11.3. The van der Waals surface area contributed by atoms with Crippen LogP contribution in [0.1, 0.15) is 41.0 Å². The molecule has 0 saturated heterocycles. The normalized spacial score (nSPS) is 11.3. The summed E-state index contributed by atoms with van der Waals surface area (Å²) in [5.74, 6) is -1.88. The third-order valence-electron chi connectivity index (χ3n) is 3.55. The molecular weight excluding hydrogens is 358 g/mol. The van der Waals surface area contributed by atoms with E-state index in [0.717, 1.165) is 5.56 Å². The third-order valence-corrected chi connectivity index (χ3v) is 3.55. The average Bonchev–Trinajstić information content (AvgIpc) is 2.45. The van der Waals surface area contributed by atoms with Crippen LogP contribution in [0.25, 0.3) is 11.3 Å². The number of carbonyl (C=O) groups is 1. The van der Waals surface area contributed by atoms with Crippen LogP contribution in [0.2, 0.25) is 0 Å². The number of carbonyl (C=O) groups excluding carboxylic acids is 1. The molecule has 0 fully saturated rings. The molecule has 3 nitrogen and oxygen atoms in total. The summed E-state index contributed by atoms with van der Waals surface area (Å²) in [6, 6.07) is 8.26. The molecule has 0 radical (unpaired) electrons. The van der Waals surface area contributed by atoms with Crippen molar-refractivity contribution < 1.29 is 74.5 Å². The molecule has 0 aliphatic heterocycles. The number of alkyl halides is 3. The second-order valence-electron chi connectivity index (χ2n) is 6.14. The summed E-state index contributed by atoms with van der Waals surface area (Å²) in [5.41, 5.74) is -0.626. The molecule has 0 N–H and O–H groups in total. The molecule has 0 saturated carbocycles. The van der Waals surface area contributed by atoms with Gasteiger partial charge in [-0.05, 0) is 30.9 Å². The summed E-state index contributed by atoms with van der Waals surface area (Å²) in [7, 11) is 0. The van der Waals surface area contributed by atoms with E-state index in [1.54, 1.807) is 38.1 Å². The van der Waals surface area contributed by atoms with Crippen molar-refractivity contribution in [3.05, 3.63) is 52.7 Å². The Labute approximate surface area is 187 Å². The van der Waals surface area contributed by atoms with E-state index in [-0.39, 0.29) is 75.0 Å². The van der Waals surface area contributed by atoms with Gasteiger partial charge in [0.05, 0.1) is 11.7 Å². The second-order valence-corrected chi connectivity index (χ2v) is 6.14. The molecule has 1 heterocycles. The Balaban J connectivity index is 0.00000312. The smallest absolute Gasteiger partial charge is 0.545 e. The molecular formula is C18H17F3KNO2. The molecule has 1 aromatic carbocycles. The van der Waals surface area contributed by atoms with Crippen molar-refractivity contribution in [3.8, 4) is 11.3 Å². The fourth-order valence-electron chi connectivity index (χ4n) is 2.50. The molecule has 0 unspecified atom stereocenters. The van der Waals surface area contributed by atoms with Crippen molar-refractivity contribution in [2.75, 3.05) is 0 Å². The van der Waals surface area contributed by atoms with Gasteiger partial charge in [-0.1, -0.05) is 43.7 Å². The first-order valence-corrected chi connectivity index (χ1v) is 7.49. The van der Waals surface area contributed by atoms with E-state index >= 15 is 0 Å². The van der Waals surface area contributed by atoms with Crippen LogP contribution in [0.4, 0.5) is 13.2 Å². The zero-order chi connectivity index (χ0) is 18.1. The molecule has 0 atom stereocenters. The van der Waals surface area contributed by atoms with Gasteiger partial charge in [-0.15, -0.1) is 0 Å². The Morgan fingerprint density at radius 3 is 2.20 bits per heavy atom. The van der Waals surface area contributed by atoms with E-state index in [1.165, 1.54) is 6.07 Å². The number of hydrogen-bond donors (Lipinski definition) is 0. The maximum Gasteiger partial charge on any atom is 1.00 e. The van der Waals surface area contributed by atoms with Gasteiger partial charge in [0.15, 0.2) is 5.69 Å². The Kier molecular flexibility index (Phi) is 7.83. The minimum absolute atomic E-state index is 0. The SMILES string of the molecule is Cc1ccc(-c2cc(CC(C)C)c(C(=O)[O-])c(C(F)(F)F)n2)cc1.[K+]. The van der Waals surface area contributed by atoms with Crippen LogP contribution in [-0.2, 0) is 12.6 Å². The van der Waals surface area contributed by atoms with Crippen molar-refractivity contribution in [3.63, 3.8) is 0 Å². The summed E-state index contributed by atoms with van der Waals surface area (Å²) < 4.78 is 40.0. The first-order valence-electron chi connectivity index (χ1n) is 7.49. The van der Waals surface area contributed by atoms with Crippen LogP contribution in [0.15, 0.2) is 30.3 Å². The maximum absolute atomic E-state index is 13.3. The monoisotopic (exact) mass is 375 g/mol. The second kappa shape index (κ2) is 8.77. The maximum atomic E-state index is 13.3. The van der Waals surface area contributed by atoms with Gasteiger partial charge in [-0.2, -0.15) is 13.2 Å². The minimum atomic E-state index is -4.87. The van der Waals surface area contributed by atoms with Gasteiger partial charge in [-0.25, -0.2) is 4.98 Å². The first kappa shape index (κ1) is 22.3. The molecule has 0 amide bonds. The van der Waals surface area contributed by atoms with Crippen molar-refractivity contribution in [1.29, 1.82) is 0 Å². The molecule has 7 heteroatoms. The number of aromatic carboxylic acids is 1. The summed E-state index contributed by atoms with van der Waals surface area (Å²) >= 11 is 0. The molecule has 0 aliphatic carbocycles. The van der Waals surface area contributed by atoms with E-state index in [0.29, 0.717) is 5.56 Å². The number of rotatable bonds is 4. The summed E-state index contributed by atoms with van der Waals surface area (Å²) in [6.45, 7) is 5.47. The van der Waals surface area contributed by atoms with Gasteiger partial charge in [-0.3, -0.25) is 0 Å². The van der Waals surface area contributed by atoms with Crippen LogP contribution in [0.3, 0.4) is 0 Å². The van der Waals surface area contributed by atoms with Gasteiger partial charge >= 0.3 is 57.6 Å². The topological polar surface area (TPSA) is 53.0 Å². The van der Waals surface area contributed by atoms with Crippen LogP contribution in [0, 0.1) is 12.8 Å². The Morgan fingerprint density at radius 1 is 1.20 bits per heavy atom. The Hall–Kier alpha value is -0.734. The number of hydrogen-bond acceptors (Lipinski definition) is 3. The Bertz CT molecular complexity index is 756. The van der Waals surface area contributed by atoms with E-state index in [1.807, 2.05) is 6.92 Å². The minimum Gasteiger partial charge on any atom is -0.545 e. The first-order chi connectivity index (χ1) is 11.1. The fraction of sp³-hybridized carbons (Fsp3) is 0.333. The Morgan fingerprint density at radius 2 is 1.76 bits per heavy atom. The molecule has 2 rings (SSSR count). The molecule has 128 valence electrons. The molecule has 1 aromatic heterocycles. The molecule has 0 aliphatic rings. The fourth-order valence-corrected chi connectivity index (χ4v) is 2.50.